The van der Waals surface area contributed by atoms with Gasteiger partial charge in [-0.2, -0.15) is 0 Å². The van der Waals surface area contributed by atoms with E-state index in [4.69, 9.17) is 4.74 Å². The summed E-state index contributed by atoms with van der Waals surface area (Å²) in [5.74, 6) is -0.184. The van der Waals surface area contributed by atoms with Crippen molar-refractivity contribution in [2.75, 3.05) is 32.8 Å². The van der Waals surface area contributed by atoms with Crippen molar-refractivity contribution in [1.29, 1.82) is 0 Å². The van der Waals surface area contributed by atoms with Gasteiger partial charge < -0.3 is 25.2 Å². The Bertz CT molecular complexity index is 328. The molecule has 6 nitrogen and oxygen atoms in total. The van der Waals surface area contributed by atoms with Crippen LogP contribution in [0.15, 0.2) is 0 Å². The molecule has 0 radical (unpaired) electrons. The van der Waals surface area contributed by atoms with E-state index in [9.17, 15) is 15.0 Å². The van der Waals surface area contributed by atoms with Gasteiger partial charge in [-0.15, -0.1) is 0 Å². The first-order chi connectivity index (χ1) is 10.1. The first kappa shape index (κ1) is 16.7. The van der Waals surface area contributed by atoms with E-state index < -0.39 is 12.2 Å². The lowest BCUT2D eigenvalue weighted by molar-refractivity contribution is -0.133. The van der Waals surface area contributed by atoms with Gasteiger partial charge in [-0.25, -0.2) is 0 Å². The molecule has 122 valence electrons. The second kappa shape index (κ2) is 8.08. The van der Waals surface area contributed by atoms with Gasteiger partial charge in [0.15, 0.2) is 0 Å². The van der Waals surface area contributed by atoms with Crippen molar-refractivity contribution in [1.82, 2.24) is 10.2 Å². The van der Waals surface area contributed by atoms with Gasteiger partial charge in [-0.3, -0.25) is 4.79 Å². The minimum absolute atomic E-state index is 0.0315. The zero-order valence-corrected chi connectivity index (χ0v) is 12.8. The third kappa shape index (κ3) is 5.54. The third-order valence-corrected chi connectivity index (χ3v) is 4.25. The van der Waals surface area contributed by atoms with Gasteiger partial charge in [0.25, 0.3) is 0 Å². The van der Waals surface area contributed by atoms with E-state index in [0.717, 1.165) is 38.8 Å². The fraction of sp³-hybridized carbons (Fsp3) is 0.933. The number of amides is 1. The first-order valence-corrected chi connectivity index (χ1v) is 8.06. The summed E-state index contributed by atoms with van der Waals surface area (Å²) in [5, 5.41) is 22.8. The van der Waals surface area contributed by atoms with E-state index in [1.54, 1.807) is 0 Å². The highest BCUT2D eigenvalue weighted by molar-refractivity contribution is 5.81. The Balaban J connectivity index is 1.65. The minimum Gasteiger partial charge on any atom is -0.389 e. The molecule has 2 fully saturated rings. The number of carbonyl (C=O) groups is 1. The number of piperidine rings is 1. The summed E-state index contributed by atoms with van der Waals surface area (Å²) in [6.07, 6.45) is 2.30. The van der Waals surface area contributed by atoms with Crippen molar-refractivity contribution in [3.05, 3.63) is 0 Å². The predicted molar refractivity (Wildman–Crippen MR) is 78.8 cm³/mol. The molecule has 1 heterocycles. The Labute approximate surface area is 126 Å². The summed E-state index contributed by atoms with van der Waals surface area (Å²) in [4.78, 5) is 14.0. The van der Waals surface area contributed by atoms with Gasteiger partial charge in [-0.05, 0) is 51.6 Å². The molecule has 1 amide bonds. The monoisotopic (exact) mass is 300 g/mol. The van der Waals surface area contributed by atoms with Crippen LogP contribution < -0.4 is 5.32 Å². The van der Waals surface area contributed by atoms with Crippen molar-refractivity contribution >= 4 is 5.91 Å². The topological polar surface area (TPSA) is 82.0 Å². The van der Waals surface area contributed by atoms with E-state index in [-0.39, 0.29) is 11.8 Å². The molecule has 0 aromatic carbocycles. The van der Waals surface area contributed by atoms with E-state index >= 15 is 0 Å². The molecule has 6 heteroatoms. The molecule has 0 aromatic rings. The van der Waals surface area contributed by atoms with Gasteiger partial charge >= 0.3 is 0 Å². The number of carbonyl (C=O) groups excluding carboxylic acids is 1. The Morgan fingerprint density at radius 3 is 2.52 bits per heavy atom. The Morgan fingerprint density at radius 1 is 1.29 bits per heavy atom. The average molecular weight is 300 g/mol. The molecule has 2 aliphatic rings. The number of aliphatic hydroxyl groups excluding tert-OH is 2. The highest BCUT2D eigenvalue weighted by atomic mass is 16.5. The summed E-state index contributed by atoms with van der Waals surface area (Å²) in [7, 11) is 0. The number of nitrogens with one attached hydrogen (secondary N) is 1. The fourth-order valence-electron chi connectivity index (χ4n) is 2.78. The lowest BCUT2D eigenvalue weighted by Crippen LogP contribution is -2.46. The molecular weight excluding hydrogens is 272 g/mol. The van der Waals surface area contributed by atoms with Crippen LogP contribution in [-0.4, -0.2) is 72.1 Å². The SMILES string of the molecule is CCOC[C@H](O)CN1CCC([C@@H](O)C(=O)NC2CC2)CC1. The molecule has 1 aliphatic carbocycles. The molecule has 1 aliphatic heterocycles. The molecule has 2 rings (SSSR count). The maximum Gasteiger partial charge on any atom is 0.249 e. The largest absolute Gasteiger partial charge is 0.389 e. The molecule has 21 heavy (non-hydrogen) atoms. The summed E-state index contributed by atoms with van der Waals surface area (Å²) in [6, 6.07) is 0.293. The number of β-amino-alcohol motifs (C(OH)–C–C–N with tert-alkyl or cyclic N) is 1. The quantitative estimate of drug-likeness (QED) is 0.575. The van der Waals surface area contributed by atoms with Crippen molar-refractivity contribution in [2.45, 2.75) is 50.9 Å². The molecule has 1 saturated heterocycles. The predicted octanol–water partition coefficient (Wildman–Crippen LogP) is -0.265. The fourth-order valence-corrected chi connectivity index (χ4v) is 2.78. The minimum atomic E-state index is -0.888. The van der Waals surface area contributed by atoms with Crippen molar-refractivity contribution in [3.8, 4) is 0 Å². The molecule has 0 bridgehead atoms. The Hall–Kier alpha value is -0.690. The van der Waals surface area contributed by atoms with Gasteiger partial charge in [0.2, 0.25) is 5.91 Å². The molecule has 1 saturated carbocycles. The van der Waals surface area contributed by atoms with E-state index in [2.05, 4.69) is 10.2 Å². The number of ether oxygens (including phenoxy) is 1. The number of rotatable bonds is 8. The zero-order chi connectivity index (χ0) is 15.2. The molecule has 0 spiro atoms. The van der Waals surface area contributed by atoms with Crippen molar-refractivity contribution in [3.63, 3.8) is 0 Å². The van der Waals surface area contributed by atoms with Crippen LogP contribution in [0.1, 0.15) is 32.6 Å². The molecule has 0 unspecified atom stereocenters. The summed E-state index contributed by atoms with van der Waals surface area (Å²) >= 11 is 0. The number of hydrogen-bond donors (Lipinski definition) is 3. The second-order valence-electron chi connectivity index (χ2n) is 6.18. The Morgan fingerprint density at radius 2 is 1.95 bits per heavy atom. The number of hydrogen-bond acceptors (Lipinski definition) is 5. The van der Waals surface area contributed by atoms with Crippen LogP contribution in [-0.2, 0) is 9.53 Å². The summed E-state index contributed by atoms with van der Waals surface area (Å²) < 4.78 is 5.20. The molecular formula is C15H28N2O4. The normalized spacial score (nSPS) is 23.8. The van der Waals surface area contributed by atoms with Gasteiger partial charge in [0, 0.05) is 19.2 Å². The maximum absolute atomic E-state index is 11.8. The van der Waals surface area contributed by atoms with Crippen LogP contribution in [0, 0.1) is 5.92 Å². The van der Waals surface area contributed by atoms with E-state index in [0.29, 0.717) is 25.8 Å². The van der Waals surface area contributed by atoms with Crippen molar-refractivity contribution in [2.24, 2.45) is 5.92 Å². The molecule has 0 aromatic heterocycles. The van der Waals surface area contributed by atoms with Gasteiger partial charge in [0.05, 0.1) is 12.7 Å². The van der Waals surface area contributed by atoms with E-state index in [1.807, 2.05) is 6.92 Å². The van der Waals surface area contributed by atoms with E-state index in [1.165, 1.54) is 0 Å². The second-order valence-corrected chi connectivity index (χ2v) is 6.18. The van der Waals surface area contributed by atoms with Crippen molar-refractivity contribution < 1.29 is 19.7 Å². The highest BCUT2D eigenvalue weighted by Crippen LogP contribution is 2.23. The Kier molecular flexibility index (Phi) is 6.41. The smallest absolute Gasteiger partial charge is 0.249 e. The maximum atomic E-state index is 11.8. The third-order valence-electron chi connectivity index (χ3n) is 4.25. The van der Waals surface area contributed by atoms with Crippen LogP contribution >= 0.6 is 0 Å². The standard InChI is InChI=1S/C15H28N2O4/c1-2-21-10-13(18)9-17-7-5-11(6-8-17)14(19)15(20)16-12-3-4-12/h11-14,18-19H,2-10H2,1H3,(H,16,20)/t13-,14-/m1/s1. The van der Waals surface area contributed by atoms with Crippen LogP contribution in [0.5, 0.6) is 0 Å². The number of likely N-dealkylation sites (tertiary alicyclic amines) is 1. The molecule has 3 N–H and O–H groups in total. The highest BCUT2D eigenvalue weighted by Gasteiger charge is 2.33. The van der Waals surface area contributed by atoms with Gasteiger partial charge in [-0.1, -0.05) is 0 Å². The summed E-state index contributed by atoms with van der Waals surface area (Å²) in [6.45, 7) is 5.09. The van der Waals surface area contributed by atoms with Crippen LogP contribution in [0.4, 0.5) is 0 Å². The number of nitrogens with zero attached hydrogens (tertiary/aromatic N) is 1. The van der Waals surface area contributed by atoms with Crippen LogP contribution in [0.25, 0.3) is 0 Å². The van der Waals surface area contributed by atoms with Crippen LogP contribution in [0.2, 0.25) is 0 Å². The first-order valence-electron chi connectivity index (χ1n) is 8.06. The summed E-state index contributed by atoms with van der Waals surface area (Å²) in [5.41, 5.74) is 0. The lowest BCUT2D eigenvalue weighted by Gasteiger charge is -2.34. The number of aliphatic hydroxyl groups is 2. The van der Waals surface area contributed by atoms with Gasteiger partial charge in [0.1, 0.15) is 6.10 Å². The zero-order valence-electron chi connectivity index (χ0n) is 12.8. The lowest BCUT2D eigenvalue weighted by atomic mass is 9.90. The van der Waals surface area contributed by atoms with Crippen LogP contribution in [0.3, 0.4) is 0 Å². The average Bonchev–Trinajstić information content (AvgIpc) is 3.29. The molecule has 2 atom stereocenters.